The van der Waals surface area contributed by atoms with Crippen molar-refractivity contribution in [3.05, 3.63) is 257 Å². The fourth-order valence-corrected chi connectivity index (χ4v) is 7.31. The fourth-order valence-electron chi connectivity index (χ4n) is 7.31. The Morgan fingerprint density at radius 3 is 1.15 bits per heavy atom. The molecule has 0 saturated carbocycles. The predicted octanol–water partition coefficient (Wildman–Crippen LogP) is 13.9. The van der Waals surface area contributed by atoms with E-state index in [2.05, 4.69) is 229 Å². The molecule has 0 radical (unpaired) electrons. The van der Waals surface area contributed by atoms with Crippen molar-refractivity contribution >= 4 is 40.4 Å². The quantitative estimate of drug-likeness (QED) is 0.122. The summed E-state index contributed by atoms with van der Waals surface area (Å²) in [6, 6.07) is 67.2. The number of hydrogen-bond donors (Lipinski definition) is 0. The molecular weight excluding hydrogens is 651 g/mol. The van der Waals surface area contributed by atoms with Gasteiger partial charge in [-0.3, -0.25) is 0 Å². The van der Waals surface area contributed by atoms with Gasteiger partial charge in [-0.1, -0.05) is 188 Å². The van der Waals surface area contributed by atoms with Crippen LogP contribution in [-0.4, -0.2) is 0 Å². The van der Waals surface area contributed by atoms with Gasteiger partial charge < -0.3 is 4.90 Å². The fraction of sp³-hybridized carbons (Fsp3) is 0.0566. The van der Waals surface area contributed by atoms with Crippen LogP contribution in [0.4, 0.5) is 17.1 Å². The van der Waals surface area contributed by atoms with Crippen molar-refractivity contribution < 1.29 is 0 Å². The van der Waals surface area contributed by atoms with Crippen molar-refractivity contribution in [3.8, 4) is 0 Å². The normalized spacial score (nSPS) is 12.1. The van der Waals surface area contributed by atoms with Gasteiger partial charge in [-0.05, 0) is 111 Å². The summed E-state index contributed by atoms with van der Waals surface area (Å²) in [6.45, 7) is 0. The zero-order valence-electron chi connectivity index (χ0n) is 30.4. The van der Waals surface area contributed by atoms with E-state index in [1.807, 2.05) is 0 Å². The number of nitrogens with zero attached hydrogens (tertiary/aromatic N) is 1. The lowest BCUT2D eigenvalue weighted by atomic mass is 9.97. The van der Waals surface area contributed by atoms with Gasteiger partial charge >= 0.3 is 0 Å². The first-order valence-corrected chi connectivity index (χ1v) is 18.9. The smallest absolute Gasteiger partial charge is 0.0464 e. The standard InChI is InChI=1S/C53H43N/c1-5-18-44(19-6-1)52(45-20-7-2-8-21-45)28-13-16-41-30-35-49(36-31-41)54(51-39-34-43-26-15-27-48(43)40-51)50-37-32-42(33-38-50)17-14-29-53(46-22-9-3-10-23-46)47-24-11-4-12-25-47/h1-14,16-25,28-40H,15,26-27H2/b16-13+,17-14+. The second-order valence-electron chi connectivity index (χ2n) is 13.7. The van der Waals surface area contributed by atoms with Crippen LogP contribution in [0.1, 0.15) is 50.9 Å². The molecule has 1 nitrogen and oxygen atoms in total. The molecule has 0 aliphatic heterocycles. The van der Waals surface area contributed by atoms with Crippen LogP contribution in [0.3, 0.4) is 0 Å². The Morgan fingerprint density at radius 2 is 0.741 bits per heavy atom. The molecule has 1 heteroatoms. The summed E-state index contributed by atoms with van der Waals surface area (Å²) in [6.07, 6.45) is 16.7. The molecule has 0 saturated heterocycles. The lowest BCUT2D eigenvalue weighted by Crippen LogP contribution is -2.10. The third-order valence-corrected chi connectivity index (χ3v) is 10.1. The molecule has 260 valence electrons. The molecule has 54 heavy (non-hydrogen) atoms. The van der Waals surface area contributed by atoms with Gasteiger partial charge in [-0.25, -0.2) is 0 Å². The summed E-state index contributed by atoms with van der Waals surface area (Å²) >= 11 is 0. The molecule has 0 spiro atoms. The molecule has 0 fully saturated rings. The van der Waals surface area contributed by atoms with E-state index < -0.39 is 0 Å². The van der Waals surface area contributed by atoms with Gasteiger partial charge in [0, 0.05) is 17.1 Å². The Bertz CT molecular complexity index is 2170. The van der Waals surface area contributed by atoms with Crippen LogP contribution in [0.2, 0.25) is 0 Å². The van der Waals surface area contributed by atoms with E-state index in [4.69, 9.17) is 0 Å². The predicted molar refractivity (Wildman–Crippen MR) is 231 cm³/mol. The van der Waals surface area contributed by atoms with Crippen LogP contribution in [0, 0.1) is 0 Å². The molecule has 8 rings (SSSR count). The maximum atomic E-state index is 2.39. The number of benzene rings is 7. The van der Waals surface area contributed by atoms with Gasteiger partial charge in [0.25, 0.3) is 0 Å². The van der Waals surface area contributed by atoms with E-state index in [9.17, 15) is 0 Å². The largest absolute Gasteiger partial charge is 0.310 e. The van der Waals surface area contributed by atoms with Crippen molar-refractivity contribution in [2.75, 3.05) is 4.90 Å². The maximum absolute atomic E-state index is 2.39. The van der Waals surface area contributed by atoms with Crippen LogP contribution in [-0.2, 0) is 12.8 Å². The number of rotatable bonds is 11. The lowest BCUT2D eigenvalue weighted by Gasteiger charge is -2.26. The van der Waals surface area contributed by atoms with Crippen LogP contribution >= 0.6 is 0 Å². The first-order valence-electron chi connectivity index (χ1n) is 18.9. The first kappa shape index (κ1) is 34.4. The Labute approximate surface area is 320 Å². The topological polar surface area (TPSA) is 3.24 Å². The molecule has 0 heterocycles. The summed E-state index contributed by atoms with van der Waals surface area (Å²) < 4.78 is 0. The zero-order valence-corrected chi connectivity index (χ0v) is 30.4. The molecule has 0 amide bonds. The summed E-state index contributed by atoms with van der Waals surface area (Å²) in [5.41, 5.74) is 16.0. The minimum Gasteiger partial charge on any atom is -0.310 e. The average molecular weight is 694 g/mol. The van der Waals surface area contributed by atoms with Gasteiger partial charge in [-0.15, -0.1) is 0 Å². The van der Waals surface area contributed by atoms with E-state index in [0.717, 1.165) is 28.9 Å². The van der Waals surface area contributed by atoms with Crippen LogP contribution < -0.4 is 4.90 Å². The van der Waals surface area contributed by atoms with Crippen molar-refractivity contribution in [2.45, 2.75) is 19.3 Å². The van der Waals surface area contributed by atoms with Crippen molar-refractivity contribution in [1.29, 1.82) is 0 Å². The van der Waals surface area contributed by atoms with Gasteiger partial charge in [0.1, 0.15) is 0 Å². The zero-order chi connectivity index (χ0) is 36.4. The molecule has 0 N–H and O–H groups in total. The summed E-state index contributed by atoms with van der Waals surface area (Å²) in [5.74, 6) is 0. The SMILES string of the molecule is C(/C=C/c1ccc(N(c2ccc(/C=C/C=C(c3ccccc3)c3ccccc3)cc2)c2ccc3c(c2)CCC3)cc1)=C(c1ccccc1)c1ccccc1. The Balaban J connectivity index is 1.07. The van der Waals surface area contributed by atoms with E-state index in [0.29, 0.717) is 0 Å². The highest BCUT2D eigenvalue weighted by Crippen LogP contribution is 2.37. The van der Waals surface area contributed by atoms with E-state index in [-0.39, 0.29) is 0 Å². The van der Waals surface area contributed by atoms with E-state index >= 15 is 0 Å². The van der Waals surface area contributed by atoms with E-state index in [1.165, 1.54) is 63.1 Å². The summed E-state index contributed by atoms with van der Waals surface area (Å²) in [5, 5.41) is 0. The number of allylic oxidation sites excluding steroid dienone is 4. The number of anilines is 3. The van der Waals surface area contributed by atoms with Gasteiger partial charge in [0.15, 0.2) is 0 Å². The van der Waals surface area contributed by atoms with Gasteiger partial charge in [-0.2, -0.15) is 0 Å². The van der Waals surface area contributed by atoms with Crippen molar-refractivity contribution in [2.24, 2.45) is 0 Å². The number of fused-ring (bicyclic) bond motifs is 1. The van der Waals surface area contributed by atoms with Gasteiger partial charge in [0.2, 0.25) is 0 Å². The van der Waals surface area contributed by atoms with Crippen LogP contribution in [0.25, 0.3) is 23.3 Å². The lowest BCUT2D eigenvalue weighted by molar-refractivity contribution is 0.912. The molecule has 0 atom stereocenters. The third-order valence-electron chi connectivity index (χ3n) is 10.1. The highest BCUT2D eigenvalue weighted by atomic mass is 15.1. The van der Waals surface area contributed by atoms with E-state index in [1.54, 1.807) is 0 Å². The monoisotopic (exact) mass is 693 g/mol. The third kappa shape index (κ3) is 8.17. The Kier molecular flexibility index (Phi) is 10.7. The Morgan fingerprint density at radius 1 is 0.370 bits per heavy atom. The first-order chi connectivity index (χ1) is 26.8. The molecule has 7 aromatic carbocycles. The number of hydrogen-bond acceptors (Lipinski definition) is 1. The van der Waals surface area contributed by atoms with Crippen molar-refractivity contribution in [1.82, 2.24) is 0 Å². The second-order valence-corrected chi connectivity index (χ2v) is 13.7. The molecule has 1 aliphatic rings. The molecular formula is C53H43N. The minimum absolute atomic E-state index is 1.14. The summed E-state index contributed by atoms with van der Waals surface area (Å²) in [4.78, 5) is 2.38. The van der Waals surface area contributed by atoms with Crippen LogP contribution in [0.15, 0.2) is 212 Å². The Hall–Kier alpha value is -6.70. The average Bonchev–Trinajstić information content (AvgIpc) is 3.72. The maximum Gasteiger partial charge on any atom is 0.0464 e. The van der Waals surface area contributed by atoms with Gasteiger partial charge in [0.05, 0.1) is 0 Å². The summed E-state index contributed by atoms with van der Waals surface area (Å²) in [7, 11) is 0. The highest BCUT2D eigenvalue weighted by molar-refractivity contribution is 5.83. The van der Waals surface area contributed by atoms with Crippen molar-refractivity contribution in [3.63, 3.8) is 0 Å². The second kappa shape index (κ2) is 16.8. The number of aryl methyl sites for hydroxylation is 2. The highest BCUT2D eigenvalue weighted by Gasteiger charge is 2.17. The molecule has 0 bridgehead atoms. The molecule has 1 aliphatic carbocycles. The van der Waals surface area contributed by atoms with Crippen LogP contribution in [0.5, 0.6) is 0 Å². The molecule has 7 aromatic rings. The molecule has 0 unspecified atom stereocenters. The molecule has 0 aromatic heterocycles. The minimum atomic E-state index is 1.14.